The summed E-state index contributed by atoms with van der Waals surface area (Å²) in [5.41, 5.74) is 1.38. The van der Waals surface area contributed by atoms with Crippen LogP contribution in [0.15, 0.2) is 9.89 Å². The van der Waals surface area contributed by atoms with Gasteiger partial charge in [-0.25, -0.2) is 4.99 Å². The van der Waals surface area contributed by atoms with Crippen LogP contribution in [0, 0.1) is 13.8 Å². The summed E-state index contributed by atoms with van der Waals surface area (Å²) in [4.78, 5) is 7.37. The second kappa shape index (κ2) is 3.96. The van der Waals surface area contributed by atoms with Gasteiger partial charge in [-0.05, 0) is 50.6 Å². The normalized spacial score (nSPS) is 22.2. The van der Waals surface area contributed by atoms with Crippen molar-refractivity contribution < 1.29 is 0 Å². The Morgan fingerprint density at radius 3 is 2.81 bits per heavy atom. The molecule has 1 aromatic rings. The average molecular weight is 253 g/mol. The Labute approximate surface area is 104 Å². The van der Waals surface area contributed by atoms with Gasteiger partial charge in [-0.2, -0.15) is 0 Å². The molecule has 0 unspecified atom stereocenters. The van der Waals surface area contributed by atoms with Gasteiger partial charge in [0, 0.05) is 4.88 Å². The SMILES string of the molecule is Cc1sc2c(c1C)SNC(=NC1CCC1)N2. The van der Waals surface area contributed by atoms with Crippen LogP contribution in [-0.4, -0.2) is 12.0 Å². The average Bonchev–Trinajstić information content (AvgIpc) is 2.49. The highest BCUT2D eigenvalue weighted by atomic mass is 32.2. The van der Waals surface area contributed by atoms with Crippen molar-refractivity contribution in [3.8, 4) is 0 Å². The number of nitrogens with zero attached hydrogens (tertiary/aromatic N) is 1. The number of hydrogen-bond donors (Lipinski definition) is 2. The molecule has 1 saturated carbocycles. The van der Waals surface area contributed by atoms with Crippen molar-refractivity contribution in [1.29, 1.82) is 0 Å². The maximum atomic E-state index is 4.66. The number of thiophene rings is 1. The summed E-state index contributed by atoms with van der Waals surface area (Å²) in [7, 11) is 0. The van der Waals surface area contributed by atoms with E-state index in [0.29, 0.717) is 6.04 Å². The van der Waals surface area contributed by atoms with Crippen molar-refractivity contribution in [2.24, 2.45) is 4.99 Å². The van der Waals surface area contributed by atoms with E-state index in [4.69, 9.17) is 0 Å². The second-order valence-corrected chi connectivity index (χ2v) is 6.37. The van der Waals surface area contributed by atoms with Gasteiger partial charge in [-0.3, -0.25) is 4.72 Å². The first-order chi connectivity index (χ1) is 7.74. The predicted molar refractivity (Wildman–Crippen MR) is 71.5 cm³/mol. The van der Waals surface area contributed by atoms with Gasteiger partial charge in [-0.1, -0.05) is 0 Å². The monoisotopic (exact) mass is 253 g/mol. The molecule has 0 bridgehead atoms. The number of fused-ring (bicyclic) bond motifs is 1. The molecule has 5 heteroatoms. The van der Waals surface area contributed by atoms with Crippen LogP contribution in [0.4, 0.5) is 5.00 Å². The first kappa shape index (κ1) is 10.5. The molecule has 0 saturated heterocycles. The fourth-order valence-corrected chi connectivity index (χ4v) is 3.82. The van der Waals surface area contributed by atoms with Gasteiger partial charge in [0.15, 0.2) is 0 Å². The van der Waals surface area contributed by atoms with Gasteiger partial charge in [0.2, 0.25) is 5.96 Å². The molecule has 2 aliphatic rings. The lowest BCUT2D eigenvalue weighted by Gasteiger charge is -2.24. The summed E-state index contributed by atoms with van der Waals surface area (Å²) in [5, 5.41) is 4.64. The van der Waals surface area contributed by atoms with Crippen molar-refractivity contribution in [2.75, 3.05) is 5.32 Å². The Morgan fingerprint density at radius 1 is 1.31 bits per heavy atom. The topological polar surface area (TPSA) is 36.4 Å². The van der Waals surface area contributed by atoms with Crippen LogP contribution >= 0.6 is 23.3 Å². The molecule has 2 N–H and O–H groups in total. The molecule has 86 valence electrons. The zero-order chi connectivity index (χ0) is 11.1. The van der Waals surface area contributed by atoms with Crippen LogP contribution in [0.1, 0.15) is 29.7 Å². The van der Waals surface area contributed by atoms with Crippen LogP contribution in [-0.2, 0) is 0 Å². The molecule has 3 nitrogen and oxygen atoms in total. The maximum absolute atomic E-state index is 4.66. The fourth-order valence-electron chi connectivity index (χ4n) is 1.80. The molecule has 0 aromatic carbocycles. The van der Waals surface area contributed by atoms with Gasteiger partial charge >= 0.3 is 0 Å². The predicted octanol–water partition coefficient (Wildman–Crippen LogP) is 3.30. The minimum Gasteiger partial charge on any atom is -0.316 e. The highest BCUT2D eigenvalue weighted by molar-refractivity contribution is 7.98. The summed E-state index contributed by atoms with van der Waals surface area (Å²) < 4.78 is 3.29. The molecule has 0 atom stereocenters. The van der Waals surface area contributed by atoms with E-state index in [2.05, 4.69) is 28.9 Å². The standard InChI is InChI=1S/C11H15N3S2/c1-6-7(2)15-10-9(6)16-14-11(13-10)12-8-4-3-5-8/h8H,3-5H2,1-2H3,(H2,12,13,14). The van der Waals surface area contributed by atoms with Crippen molar-refractivity contribution in [2.45, 2.75) is 44.0 Å². The zero-order valence-electron chi connectivity index (χ0n) is 9.46. The first-order valence-corrected chi connectivity index (χ1v) is 7.25. The molecular weight excluding hydrogens is 238 g/mol. The number of anilines is 1. The number of guanidine groups is 1. The minimum absolute atomic E-state index is 0.541. The smallest absolute Gasteiger partial charge is 0.207 e. The number of rotatable bonds is 1. The Bertz CT molecular complexity index is 446. The van der Waals surface area contributed by atoms with Crippen LogP contribution in [0.2, 0.25) is 0 Å². The molecule has 0 spiro atoms. The van der Waals surface area contributed by atoms with E-state index in [9.17, 15) is 0 Å². The van der Waals surface area contributed by atoms with Crippen LogP contribution < -0.4 is 10.0 Å². The lowest BCUT2D eigenvalue weighted by atomic mass is 9.94. The Kier molecular flexibility index (Phi) is 2.59. The van der Waals surface area contributed by atoms with Crippen molar-refractivity contribution in [3.05, 3.63) is 10.4 Å². The number of aliphatic imine (C=N–C) groups is 1. The summed E-state index contributed by atoms with van der Waals surface area (Å²) in [6, 6.07) is 0.541. The van der Waals surface area contributed by atoms with E-state index in [1.54, 1.807) is 11.9 Å². The van der Waals surface area contributed by atoms with E-state index in [1.807, 2.05) is 11.3 Å². The summed E-state index contributed by atoms with van der Waals surface area (Å²) in [6.45, 7) is 4.35. The molecule has 3 rings (SSSR count). The first-order valence-electron chi connectivity index (χ1n) is 5.61. The lowest BCUT2D eigenvalue weighted by molar-refractivity contribution is 0.419. The number of aryl methyl sites for hydroxylation is 1. The van der Waals surface area contributed by atoms with Gasteiger partial charge < -0.3 is 5.32 Å². The van der Waals surface area contributed by atoms with Gasteiger partial charge in [0.25, 0.3) is 0 Å². The molecule has 0 amide bonds. The Morgan fingerprint density at radius 2 is 2.12 bits per heavy atom. The third kappa shape index (κ3) is 1.72. The zero-order valence-corrected chi connectivity index (χ0v) is 11.1. The van der Waals surface area contributed by atoms with E-state index in [0.717, 1.165) is 5.96 Å². The quantitative estimate of drug-likeness (QED) is 0.754. The number of hydrogen-bond acceptors (Lipinski definition) is 3. The largest absolute Gasteiger partial charge is 0.316 e. The Balaban J connectivity index is 1.83. The summed E-state index contributed by atoms with van der Waals surface area (Å²) in [5.74, 6) is 0.934. The molecule has 1 aliphatic carbocycles. The van der Waals surface area contributed by atoms with E-state index in [1.165, 1.54) is 39.6 Å². The third-order valence-corrected chi connectivity index (χ3v) is 5.46. The van der Waals surface area contributed by atoms with E-state index >= 15 is 0 Å². The van der Waals surface area contributed by atoms with Crippen molar-refractivity contribution in [3.63, 3.8) is 0 Å². The van der Waals surface area contributed by atoms with Crippen molar-refractivity contribution >= 4 is 34.2 Å². The van der Waals surface area contributed by atoms with E-state index < -0.39 is 0 Å². The summed E-state index contributed by atoms with van der Waals surface area (Å²) >= 11 is 3.51. The van der Waals surface area contributed by atoms with Gasteiger partial charge in [-0.15, -0.1) is 11.3 Å². The highest BCUT2D eigenvalue weighted by Gasteiger charge is 2.22. The van der Waals surface area contributed by atoms with Crippen molar-refractivity contribution in [1.82, 2.24) is 4.72 Å². The molecule has 16 heavy (non-hydrogen) atoms. The van der Waals surface area contributed by atoms with Crippen LogP contribution in [0.5, 0.6) is 0 Å². The number of nitrogens with one attached hydrogen (secondary N) is 2. The highest BCUT2D eigenvalue weighted by Crippen LogP contribution is 2.40. The fraction of sp³-hybridized carbons (Fsp3) is 0.545. The molecule has 1 aromatic heterocycles. The van der Waals surface area contributed by atoms with Gasteiger partial charge in [0.05, 0.1) is 10.9 Å². The van der Waals surface area contributed by atoms with E-state index in [-0.39, 0.29) is 0 Å². The van der Waals surface area contributed by atoms with Crippen LogP contribution in [0.25, 0.3) is 0 Å². The van der Waals surface area contributed by atoms with Crippen LogP contribution in [0.3, 0.4) is 0 Å². The second-order valence-electron chi connectivity index (χ2n) is 4.33. The molecule has 1 aliphatic heterocycles. The maximum Gasteiger partial charge on any atom is 0.207 e. The minimum atomic E-state index is 0.541. The third-order valence-electron chi connectivity index (χ3n) is 3.20. The van der Waals surface area contributed by atoms with Gasteiger partial charge in [0.1, 0.15) is 5.00 Å². The molecule has 1 fully saturated rings. The Hall–Kier alpha value is -0.680. The molecule has 2 heterocycles. The molecule has 0 radical (unpaired) electrons. The lowest BCUT2D eigenvalue weighted by Crippen LogP contribution is -2.31. The summed E-state index contributed by atoms with van der Waals surface area (Å²) in [6.07, 6.45) is 3.82. The molecular formula is C11H15N3S2.